The molecular formula is C9H9ClF2N4O. The maximum absolute atomic E-state index is 12.1. The van der Waals surface area contributed by atoms with E-state index in [4.69, 9.17) is 23.1 Å². The fourth-order valence-corrected chi connectivity index (χ4v) is 1.16. The second-order valence-corrected chi connectivity index (χ2v) is 3.27. The van der Waals surface area contributed by atoms with Crippen molar-refractivity contribution in [2.24, 2.45) is 21.7 Å². The van der Waals surface area contributed by atoms with Crippen LogP contribution in [0.15, 0.2) is 28.4 Å². The summed E-state index contributed by atoms with van der Waals surface area (Å²) in [5.74, 6) is -0.321. The Morgan fingerprint density at radius 2 is 2.12 bits per heavy atom. The summed E-state index contributed by atoms with van der Waals surface area (Å²) >= 11 is 5.70. The van der Waals surface area contributed by atoms with Gasteiger partial charge in [-0.1, -0.05) is 11.6 Å². The Morgan fingerprint density at radius 3 is 2.71 bits per heavy atom. The number of alkyl halides is 2. The lowest BCUT2D eigenvalue weighted by Gasteiger charge is -2.07. The van der Waals surface area contributed by atoms with Crippen LogP contribution in [0.1, 0.15) is 5.56 Å². The maximum atomic E-state index is 12.1. The minimum atomic E-state index is -2.94. The van der Waals surface area contributed by atoms with E-state index in [-0.39, 0.29) is 17.3 Å². The van der Waals surface area contributed by atoms with Gasteiger partial charge in [-0.2, -0.15) is 13.9 Å². The number of halogens is 3. The molecule has 1 aromatic carbocycles. The van der Waals surface area contributed by atoms with E-state index < -0.39 is 6.61 Å². The number of nitrogens with two attached hydrogens (primary N) is 2. The van der Waals surface area contributed by atoms with Crippen molar-refractivity contribution in [3.8, 4) is 5.75 Å². The van der Waals surface area contributed by atoms with E-state index >= 15 is 0 Å². The summed E-state index contributed by atoms with van der Waals surface area (Å²) in [5.41, 5.74) is 10.3. The highest BCUT2D eigenvalue weighted by Crippen LogP contribution is 2.23. The number of ether oxygens (including phenoxy) is 1. The third-order valence-electron chi connectivity index (χ3n) is 1.56. The molecule has 0 radical (unpaired) electrons. The molecule has 17 heavy (non-hydrogen) atoms. The van der Waals surface area contributed by atoms with Crippen molar-refractivity contribution >= 4 is 23.8 Å². The van der Waals surface area contributed by atoms with Gasteiger partial charge in [0.05, 0.1) is 6.21 Å². The number of benzene rings is 1. The van der Waals surface area contributed by atoms with E-state index in [1.54, 1.807) is 0 Å². The molecule has 0 aromatic heterocycles. The molecule has 0 saturated heterocycles. The first-order valence-electron chi connectivity index (χ1n) is 4.35. The molecule has 0 bridgehead atoms. The van der Waals surface area contributed by atoms with Crippen molar-refractivity contribution in [3.05, 3.63) is 28.8 Å². The molecule has 1 rings (SSSR count). The highest BCUT2D eigenvalue weighted by atomic mass is 35.5. The maximum Gasteiger partial charge on any atom is 0.387 e. The topological polar surface area (TPSA) is 86.0 Å². The molecule has 4 N–H and O–H groups in total. The van der Waals surface area contributed by atoms with Crippen LogP contribution in [0, 0.1) is 0 Å². The lowest BCUT2D eigenvalue weighted by molar-refractivity contribution is -0.0499. The van der Waals surface area contributed by atoms with Crippen molar-refractivity contribution in [3.63, 3.8) is 0 Å². The van der Waals surface area contributed by atoms with Gasteiger partial charge in [0, 0.05) is 10.6 Å². The molecule has 1 aromatic rings. The van der Waals surface area contributed by atoms with Gasteiger partial charge in [-0.3, -0.25) is 0 Å². The van der Waals surface area contributed by atoms with E-state index in [1.807, 2.05) is 0 Å². The van der Waals surface area contributed by atoms with Gasteiger partial charge in [-0.25, -0.2) is 0 Å². The van der Waals surface area contributed by atoms with E-state index in [9.17, 15) is 8.78 Å². The molecule has 0 saturated carbocycles. The van der Waals surface area contributed by atoms with Crippen molar-refractivity contribution in [2.45, 2.75) is 6.61 Å². The fraction of sp³-hybridized carbons (Fsp3) is 0.111. The lowest BCUT2D eigenvalue weighted by Crippen LogP contribution is -2.21. The van der Waals surface area contributed by atoms with Gasteiger partial charge in [0.1, 0.15) is 5.75 Å². The fourth-order valence-electron chi connectivity index (χ4n) is 0.981. The van der Waals surface area contributed by atoms with Crippen LogP contribution in [-0.4, -0.2) is 18.8 Å². The Labute approximate surface area is 101 Å². The average molecular weight is 263 g/mol. The normalized spacial score (nSPS) is 10.8. The Balaban J connectivity index is 2.98. The molecule has 0 aliphatic carbocycles. The van der Waals surface area contributed by atoms with Gasteiger partial charge < -0.3 is 16.2 Å². The zero-order chi connectivity index (χ0) is 12.8. The van der Waals surface area contributed by atoms with E-state index in [1.165, 1.54) is 18.2 Å². The van der Waals surface area contributed by atoms with Crippen LogP contribution < -0.4 is 16.2 Å². The summed E-state index contributed by atoms with van der Waals surface area (Å²) in [5, 5.41) is 7.15. The first-order valence-corrected chi connectivity index (χ1v) is 4.73. The smallest absolute Gasteiger partial charge is 0.387 e. The molecule has 0 aliphatic heterocycles. The monoisotopic (exact) mass is 262 g/mol. The first-order chi connectivity index (χ1) is 7.99. The van der Waals surface area contributed by atoms with Crippen LogP contribution in [0.3, 0.4) is 0 Å². The largest absolute Gasteiger partial charge is 0.434 e. The molecule has 5 nitrogen and oxygen atoms in total. The summed E-state index contributed by atoms with van der Waals surface area (Å²) in [6.07, 6.45) is 1.16. The van der Waals surface area contributed by atoms with Crippen LogP contribution in [0.25, 0.3) is 0 Å². The second kappa shape index (κ2) is 6.00. The zero-order valence-corrected chi connectivity index (χ0v) is 9.23. The van der Waals surface area contributed by atoms with Crippen LogP contribution in [0.4, 0.5) is 8.78 Å². The number of hydrogen-bond donors (Lipinski definition) is 2. The molecule has 0 amide bonds. The summed E-state index contributed by atoms with van der Waals surface area (Å²) in [6, 6.07) is 4.10. The quantitative estimate of drug-likeness (QED) is 0.490. The van der Waals surface area contributed by atoms with Gasteiger partial charge in [0.15, 0.2) is 0 Å². The summed E-state index contributed by atoms with van der Waals surface area (Å²) in [4.78, 5) is 0. The standard InChI is InChI=1S/C9H9ClF2N4O/c10-6-1-2-7(17-8(11)12)5(3-6)4-15-16-9(13)14/h1-4,8H,(H4,13,14,16). The second-order valence-electron chi connectivity index (χ2n) is 2.83. The van der Waals surface area contributed by atoms with Crippen LogP contribution in [0.5, 0.6) is 5.75 Å². The molecular weight excluding hydrogens is 254 g/mol. The minimum absolute atomic E-state index is 0.0704. The highest BCUT2D eigenvalue weighted by molar-refractivity contribution is 6.30. The Hall–Kier alpha value is -1.89. The summed E-state index contributed by atoms with van der Waals surface area (Å²) in [6.45, 7) is -2.94. The van der Waals surface area contributed by atoms with E-state index in [2.05, 4.69) is 14.9 Å². The van der Waals surface area contributed by atoms with Crippen molar-refractivity contribution in [2.75, 3.05) is 0 Å². The SMILES string of the molecule is NC(N)=NN=Cc1cc(Cl)ccc1OC(F)F. The van der Waals surface area contributed by atoms with Crippen LogP contribution in [-0.2, 0) is 0 Å². The predicted molar refractivity (Wildman–Crippen MR) is 61.5 cm³/mol. The molecule has 0 atom stereocenters. The van der Waals surface area contributed by atoms with Crippen molar-refractivity contribution in [1.29, 1.82) is 0 Å². The average Bonchev–Trinajstić information content (AvgIpc) is 2.21. The van der Waals surface area contributed by atoms with Gasteiger partial charge in [-0.15, -0.1) is 5.10 Å². The Kier molecular flexibility index (Phi) is 4.65. The third-order valence-corrected chi connectivity index (χ3v) is 1.79. The van der Waals surface area contributed by atoms with Crippen LogP contribution >= 0.6 is 11.6 Å². The van der Waals surface area contributed by atoms with Crippen molar-refractivity contribution < 1.29 is 13.5 Å². The molecule has 0 unspecified atom stereocenters. The minimum Gasteiger partial charge on any atom is -0.434 e. The molecule has 8 heteroatoms. The highest BCUT2D eigenvalue weighted by Gasteiger charge is 2.08. The van der Waals surface area contributed by atoms with E-state index in [0.717, 1.165) is 6.21 Å². The lowest BCUT2D eigenvalue weighted by atomic mass is 10.2. The van der Waals surface area contributed by atoms with Crippen molar-refractivity contribution in [1.82, 2.24) is 0 Å². The van der Waals surface area contributed by atoms with Gasteiger partial charge in [-0.05, 0) is 18.2 Å². The number of guanidine groups is 1. The number of hydrogen-bond acceptors (Lipinski definition) is 3. The molecule has 0 aliphatic rings. The zero-order valence-electron chi connectivity index (χ0n) is 8.48. The Morgan fingerprint density at radius 1 is 1.41 bits per heavy atom. The van der Waals surface area contributed by atoms with Gasteiger partial charge in [0.25, 0.3) is 0 Å². The third kappa shape index (κ3) is 4.64. The molecule has 0 fully saturated rings. The van der Waals surface area contributed by atoms with Gasteiger partial charge >= 0.3 is 6.61 Å². The summed E-state index contributed by atoms with van der Waals surface area (Å²) < 4.78 is 28.4. The summed E-state index contributed by atoms with van der Waals surface area (Å²) in [7, 11) is 0. The predicted octanol–water partition coefficient (Wildman–Crippen LogP) is 1.55. The molecule has 0 spiro atoms. The first kappa shape index (κ1) is 13.2. The molecule has 92 valence electrons. The number of rotatable bonds is 4. The number of nitrogens with zero attached hydrogens (tertiary/aromatic N) is 2. The van der Waals surface area contributed by atoms with Crippen LogP contribution in [0.2, 0.25) is 5.02 Å². The Bertz CT molecular complexity index is 447. The molecule has 0 heterocycles. The van der Waals surface area contributed by atoms with Gasteiger partial charge in [0.2, 0.25) is 5.96 Å². The van der Waals surface area contributed by atoms with E-state index in [0.29, 0.717) is 5.02 Å².